The maximum absolute atomic E-state index is 11.8. The van der Waals surface area contributed by atoms with E-state index in [1.54, 1.807) is 0 Å². The van der Waals surface area contributed by atoms with Crippen molar-refractivity contribution in [2.45, 2.75) is 30.6 Å². The van der Waals surface area contributed by atoms with Gasteiger partial charge in [-0.3, -0.25) is 14.1 Å². The van der Waals surface area contributed by atoms with E-state index in [2.05, 4.69) is 13.2 Å². The topological polar surface area (TPSA) is 107 Å². The lowest BCUT2D eigenvalue weighted by Gasteiger charge is -2.13. The molecule has 0 fully saturated rings. The molecular formula is C16H18O7S. The van der Waals surface area contributed by atoms with E-state index in [1.807, 2.05) is 0 Å². The summed E-state index contributed by atoms with van der Waals surface area (Å²) in [6, 6.07) is 3.55. The Morgan fingerprint density at radius 3 is 2.08 bits per heavy atom. The van der Waals surface area contributed by atoms with Crippen LogP contribution in [-0.4, -0.2) is 24.9 Å². The van der Waals surface area contributed by atoms with E-state index in [0.29, 0.717) is 12.8 Å². The summed E-state index contributed by atoms with van der Waals surface area (Å²) in [5.41, 5.74) is 0. The Balaban J connectivity index is 3.17. The summed E-state index contributed by atoms with van der Waals surface area (Å²) < 4.78 is 42.2. The third kappa shape index (κ3) is 5.98. The first-order chi connectivity index (χ1) is 11.3. The van der Waals surface area contributed by atoms with E-state index in [1.165, 1.54) is 24.3 Å². The highest BCUT2D eigenvalue weighted by molar-refractivity contribution is 7.86. The Kier molecular flexibility index (Phi) is 7.34. The van der Waals surface area contributed by atoms with E-state index < -0.39 is 32.7 Å². The van der Waals surface area contributed by atoms with Crippen LogP contribution >= 0.6 is 0 Å². The number of hydrogen-bond donors (Lipinski definition) is 1. The van der Waals surface area contributed by atoms with Crippen molar-refractivity contribution in [1.82, 2.24) is 0 Å². The molecule has 1 rings (SSSR count). The van der Waals surface area contributed by atoms with Gasteiger partial charge in [0.05, 0.1) is 0 Å². The van der Waals surface area contributed by atoms with Gasteiger partial charge in [0.2, 0.25) is 0 Å². The van der Waals surface area contributed by atoms with Gasteiger partial charge >= 0.3 is 11.9 Å². The first kappa shape index (κ1) is 19.6. The second-order valence-electron chi connectivity index (χ2n) is 4.66. The second-order valence-corrected chi connectivity index (χ2v) is 6.05. The van der Waals surface area contributed by atoms with E-state index in [9.17, 15) is 22.6 Å². The molecular weight excluding hydrogens is 336 g/mol. The van der Waals surface area contributed by atoms with Gasteiger partial charge in [-0.15, -0.1) is 13.2 Å². The van der Waals surface area contributed by atoms with Gasteiger partial charge in [-0.05, 0) is 25.0 Å². The van der Waals surface area contributed by atoms with Crippen molar-refractivity contribution >= 4 is 22.1 Å². The Hall–Kier alpha value is -2.45. The van der Waals surface area contributed by atoms with Gasteiger partial charge in [0.25, 0.3) is 10.1 Å². The zero-order valence-electron chi connectivity index (χ0n) is 12.9. The van der Waals surface area contributed by atoms with Crippen LogP contribution in [0.2, 0.25) is 0 Å². The summed E-state index contributed by atoms with van der Waals surface area (Å²) in [6.07, 6.45) is 3.67. The van der Waals surface area contributed by atoms with E-state index in [4.69, 9.17) is 9.47 Å². The molecule has 8 heteroatoms. The molecule has 0 saturated heterocycles. The Morgan fingerprint density at radius 2 is 1.58 bits per heavy atom. The highest BCUT2D eigenvalue weighted by atomic mass is 32.2. The number of esters is 2. The van der Waals surface area contributed by atoms with Crippen molar-refractivity contribution in [3.63, 3.8) is 0 Å². The second kappa shape index (κ2) is 8.99. The van der Waals surface area contributed by atoms with Crippen LogP contribution in [0.15, 0.2) is 48.4 Å². The number of rotatable bonds is 9. The highest BCUT2D eigenvalue weighted by Crippen LogP contribution is 2.35. The van der Waals surface area contributed by atoms with Crippen LogP contribution in [-0.2, 0) is 19.7 Å². The monoisotopic (exact) mass is 354 g/mol. The van der Waals surface area contributed by atoms with Crippen LogP contribution in [0.25, 0.3) is 0 Å². The number of carbonyl (C=O) groups is 2. The highest BCUT2D eigenvalue weighted by Gasteiger charge is 2.24. The molecule has 0 bridgehead atoms. The number of ether oxygens (including phenoxy) is 2. The number of benzene rings is 1. The molecule has 24 heavy (non-hydrogen) atoms. The van der Waals surface area contributed by atoms with Crippen molar-refractivity contribution in [2.75, 3.05) is 0 Å². The number of allylic oxidation sites excluding steroid dienone is 2. The quantitative estimate of drug-likeness (QED) is 0.314. The molecule has 1 aromatic carbocycles. The standard InChI is InChI=1S/C16H18O7S/c1-3-5-10-14(17)22-12-8-7-9-13(24(19,20)21)16(12)23-15(18)11-6-4-2/h3-4,7-9H,1-2,5-6,10-11H2,(H,19,20,21). The lowest BCUT2D eigenvalue weighted by Crippen LogP contribution is -2.14. The lowest BCUT2D eigenvalue weighted by atomic mass is 10.3. The first-order valence-corrected chi connectivity index (χ1v) is 8.47. The predicted octanol–water partition coefficient (Wildman–Crippen LogP) is 2.68. The molecule has 7 nitrogen and oxygen atoms in total. The van der Waals surface area contributed by atoms with Gasteiger partial charge in [0, 0.05) is 12.8 Å². The van der Waals surface area contributed by atoms with E-state index in [0.717, 1.165) is 6.07 Å². The molecule has 0 aliphatic rings. The Labute approximate surface area is 140 Å². The summed E-state index contributed by atoms with van der Waals surface area (Å²) in [4.78, 5) is 22.8. The zero-order chi connectivity index (χ0) is 18.2. The van der Waals surface area contributed by atoms with Crippen molar-refractivity contribution in [2.24, 2.45) is 0 Å². The molecule has 0 spiro atoms. The first-order valence-electron chi connectivity index (χ1n) is 7.03. The van der Waals surface area contributed by atoms with Gasteiger partial charge in [-0.2, -0.15) is 8.42 Å². The Morgan fingerprint density at radius 1 is 1.04 bits per heavy atom. The summed E-state index contributed by atoms with van der Waals surface area (Å²) in [5, 5.41) is 0. The summed E-state index contributed by atoms with van der Waals surface area (Å²) in [5.74, 6) is -2.22. The zero-order valence-corrected chi connectivity index (χ0v) is 13.8. The molecule has 0 heterocycles. The minimum absolute atomic E-state index is 0.0173. The molecule has 130 valence electrons. The molecule has 0 aromatic heterocycles. The van der Waals surface area contributed by atoms with Gasteiger partial charge < -0.3 is 9.47 Å². The largest absolute Gasteiger partial charge is 0.422 e. The van der Waals surface area contributed by atoms with E-state index in [-0.39, 0.29) is 18.6 Å². The summed E-state index contributed by atoms with van der Waals surface area (Å²) in [7, 11) is -4.68. The van der Waals surface area contributed by atoms with Gasteiger partial charge in [0.15, 0.2) is 11.5 Å². The lowest BCUT2D eigenvalue weighted by molar-refractivity contribution is -0.137. The van der Waals surface area contributed by atoms with Crippen LogP contribution < -0.4 is 9.47 Å². The average molecular weight is 354 g/mol. The van der Waals surface area contributed by atoms with Crippen LogP contribution in [0.1, 0.15) is 25.7 Å². The minimum atomic E-state index is -4.68. The normalized spacial score (nSPS) is 10.7. The van der Waals surface area contributed by atoms with Crippen LogP contribution in [0.5, 0.6) is 11.5 Å². The molecule has 0 unspecified atom stereocenters. The van der Waals surface area contributed by atoms with Crippen LogP contribution in [0, 0.1) is 0 Å². The van der Waals surface area contributed by atoms with Gasteiger partial charge in [-0.1, -0.05) is 18.2 Å². The van der Waals surface area contributed by atoms with Crippen molar-refractivity contribution in [3.8, 4) is 11.5 Å². The number of para-hydroxylation sites is 1. The molecule has 0 aliphatic carbocycles. The third-order valence-corrected chi connectivity index (χ3v) is 3.64. The molecule has 0 radical (unpaired) electrons. The third-order valence-electron chi connectivity index (χ3n) is 2.77. The summed E-state index contributed by atoms with van der Waals surface area (Å²) in [6.45, 7) is 6.93. The molecule has 0 atom stereocenters. The fraction of sp³-hybridized carbons (Fsp3) is 0.250. The molecule has 0 aliphatic heterocycles. The molecule has 0 amide bonds. The number of carbonyl (C=O) groups excluding carboxylic acids is 2. The fourth-order valence-corrected chi connectivity index (χ4v) is 2.29. The maximum Gasteiger partial charge on any atom is 0.311 e. The number of hydrogen-bond acceptors (Lipinski definition) is 6. The average Bonchev–Trinajstić information content (AvgIpc) is 2.51. The van der Waals surface area contributed by atoms with Crippen LogP contribution in [0.3, 0.4) is 0 Å². The van der Waals surface area contributed by atoms with Crippen molar-refractivity contribution in [1.29, 1.82) is 0 Å². The maximum atomic E-state index is 11.8. The van der Waals surface area contributed by atoms with Gasteiger partial charge in [-0.25, -0.2) is 0 Å². The van der Waals surface area contributed by atoms with Crippen molar-refractivity contribution in [3.05, 3.63) is 43.5 Å². The molecule has 0 saturated carbocycles. The SMILES string of the molecule is C=CCCC(=O)Oc1cccc(S(=O)(=O)O)c1OC(=O)CCC=C. The summed E-state index contributed by atoms with van der Waals surface area (Å²) >= 11 is 0. The smallest absolute Gasteiger partial charge is 0.311 e. The molecule has 1 N–H and O–H groups in total. The fourth-order valence-electron chi connectivity index (χ4n) is 1.66. The van der Waals surface area contributed by atoms with Crippen LogP contribution in [0.4, 0.5) is 0 Å². The Bertz CT molecular complexity index is 735. The van der Waals surface area contributed by atoms with E-state index >= 15 is 0 Å². The molecule has 1 aromatic rings. The van der Waals surface area contributed by atoms with Gasteiger partial charge in [0.1, 0.15) is 4.90 Å². The predicted molar refractivity (Wildman–Crippen MR) is 86.4 cm³/mol. The minimum Gasteiger partial charge on any atom is -0.422 e. The van der Waals surface area contributed by atoms with Crippen molar-refractivity contribution < 1.29 is 32.0 Å².